The Morgan fingerprint density at radius 1 is 1.06 bits per heavy atom. The molecule has 0 atom stereocenters. The lowest BCUT2D eigenvalue weighted by atomic mass is 9.97. The number of hydrogen-bond donors (Lipinski definition) is 0. The van der Waals surface area contributed by atoms with Gasteiger partial charge in [0.25, 0.3) is 0 Å². The molecule has 0 saturated heterocycles. The summed E-state index contributed by atoms with van der Waals surface area (Å²) < 4.78 is 9.68. The van der Waals surface area contributed by atoms with Gasteiger partial charge in [-0.1, -0.05) is 25.5 Å². The summed E-state index contributed by atoms with van der Waals surface area (Å²) in [6.45, 7) is 9.59. The second-order valence-corrected chi connectivity index (χ2v) is 3.35. The van der Waals surface area contributed by atoms with Crippen LogP contribution in [0.25, 0.3) is 0 Å². The minimum atomic E-state index is -0.972. The van der Waals surface area contributed by atoms with Crippen LogP contribution < -0.4 is 0 Å². The number of carbonyl (C=O) groups excluding carboxylic acids is 2. The van der Waals surface area contributed by atoms with Crippen LogP contribution in [0.5, 0.6) is 0 Å². The van der Waals surface area contributed by atoms with Crippen LogP contribution in [-0.4, -0.2) is 25.2 Å². The molecule has 92 valence electrons. The fraction of sp³-hybridized carbons (Fsp3) is 0.667. The van der Waals surface area contributed by atoms with Crippen LogP contribution in [0.1, 0.15) is 33.6 Å². The SMILES string of the molecule is C=C(CCC)C(C(=O)OCC)C(=O)OCC. The van der Waals surface area contributed by atoms with Gasteiger partial charge in [0.15, 0.2) is 5.92 Å². The maximum atomic E-state index is 11.6. The normalized spacial score (nSPS) is 10.0. The predicted molar refractivity (Wildman–Crippen MR) is 60.8 cm³/mol. The summed E-state index contributed by atoms with van der Waals surface area (Å²) in [5, 5.41) is 0. The molecule has 0 saturated carbocycles. The summed E-state index contributed by atoms with van der Waals surface area (Å²) >= 11 is 0. The Hall–Kier alpha value is -1.32. The van der Waals surface area contributed by atoms with Gasteiger partial charge in [0.05, 0.1) is 13.2 Å². The van der Waals surface area contributed by atoms with E-state index in [0.29, 0.717) is 12.0 Å². The molecule has 0 fully saturated rings. The standard InChI is InChI=1S/C12H20O4/c1-5-8-9(4)10(11(13)15-6-2)12(14)16-7-3/h10H,4-8H2,1-3H3. The molecule has 4 heteroatoms. The van der Waals surface area contributed by atoms with E-state index >= 15 is 0 Å². The molecule has 0 aromatic carbocycles. The van der Waals surface area contributed by atoms with Gasteiger partial charge in [0.1, 0.15) is 0 Å². The van der Waals surface area contributed by atoms with E-state index in [2.05, 4.69) is 6.58 Å². The molecule has 0 spiro atoms. The summed E-state index contributed by atoms with van der Waals surface area (Å²) in [7, 11) is 0. The van der Waals surface area contributed by atoms with Crippen molar-refractivity contribution in [2.75, 3.05) is 13.2 Å². The lowest BCUT2D eigenvalue weighted by molar-refractivity contribution is -0.159. The van der Waals surface area contributed by atoms with Crippen molar-refractivity contribution in [2.24, 2.45) is 5.92 Å². The van der Waals surface area contributed by atoms with Crippen LogP contribution in [-0.2, 0) is 19.1 Å². The second kappa shape index (κ2) is 7.91. The third-order valence-electron chi connectivity index (χ3n) is 2.02. The molecule has 0 amide bonds. The van der Waals surface area contributed by atoms with Crippen molar-refractivity contribution in [3.63, 3.8) is 0 Å². The zero-order chi connectivity index (χ0) is 12.6. The summed E-state index contributed by atoms with van der Waals surface area (Å²) in [6.07, 6.45) is 1.44. The van der Waals surface area contributed by atoms with Crippen LogP contribution in [0.2, 0.25) is 0 Å². The zero-order valence-electron chi connectivity index (χ0n) is 10.2. The Labute approximate surface area is 96.6 Å². The highest BCUT2D eigenvalue weighted by Crippen LogP contribution is 2.18. The number of hydrogen-bond acceptors (Lipinski definition) is 4. The average Bonchev–Trinajstić information content (AvgIpc) is 2.19. The van der Waals surface area contributed by atoms with Crippen LogP contribution in [0.15, 0.2) is 12.2 Å². The van der Waals surface area contributed by atoms with Crippen molar-refractivity contribution in [1.82, 2.24) is 0 Å². The van der Waals surface area contributed by atoms with E-state index in [-0.39, 0.29) is 13.2 Å². The van der Waals surface area contributed by atoms with Gasteiger partial charge in [-0.05, 0) is 20.3 Å². The molecule has 0 aliphatic heterocycles. The first-order valence-corrected chi connectivity index (χ1v) is 5.59. The highest BCUT2D eigenvalue weighted by molar-refractivity contribution is 5.98. The van der Waals surface area contributed by atoms with Crippen molar-refractivity contribution < 1.29 is 19.1 Å². The molecule has 0 aliphatic rings. The number of rotatable bonds is 7. The highest BCUT2D eigenvalue weighted by Gasteiger charge is 2.31. The maximum absolute atomic E-state index is 11.6. The Kier molecular flexibility index (Phi) is 7.25. The summed E-state index contributed by atoms with van der Waals surface area (Å²) in [5.41, 5.74) is 0.555. The van der Waals surface area contributed by atoms with Gasteiger partial charge in [-0.3, -0.25) is 9.59 Å². The van der Waals surface area contributed by atoms with E-state index in [9.17, 15) is 9.59 Å². The van der Waals surface area contributed by atoms with E-state index < -0.39 is 17.9 Å². The Morgan fingerprint density at radius 3 is 1.81 bits per heavy atom. The monoisotopic (exact) mass is 228 g/mol. The number of carbonyl (C=O) groups is 2. The highest BCUT2D eigenvalue weighted by atomic mass is 16.6. The average molecular weight is 228 g/mol. The van der Waals surface area contributed by atoms with E-state index in [1.807, 2.05) is 6.92 Å². The van der Waals surface area contributed by atoms with E-state index in [4.69, 9.17) is 9.47 Å². The fourth-order valence-corrected chi connectivity index (χ4v) is 1.35. The third-order valence-corrected chi connectivity index (χ3v) is 2.02. The van der Waals surface area contributed by atoms with Gasteiger partial charge >= 0.3 is 11.9 Å². The first-order valence-electron chi connectivity index (χ1n) is 5.59. The predicted octanol–water partition coefficient (Wildman–Crippen LogP) is 2.09. The molecule has 0 aliphatic carbocycles. The molecule has 0 bridgehead atoms. The summed E-state index contributed by atoms with van der Waals surface area (Å²) in [6, 6.07) is 0. The molecular weight excluding hydrogens is 208 g/mol. The summed E-state index contributed by atoms with van der Waals surface area (Å²) in [5.74, 6) is -2.11. The molecule has 4 nitrogen and oxygen atoms in total. The molecule has 16 heavy (non-hydrogen) atoms. The van der Waals surface area contributed by atoms with Crippen molar-refractivity contribution in [3.05, 3.63) is 12.2 Å². The summed E-state index contributed by atoms with van der Waals surface area (Å²) in [4.78, 5) is 23.2. The first kappa shape index (κ1) is 14.7. The molecule has 0 N–H and O–H groups in total. The van der Waals surface area contributed by atoms with E-state index in [1.165, 1.54) is 0 Å². The Bertz CT molecular complexity index is 215. The van der Waals surface area contributed by atoms with Crippen LogP contribution in [0.3, 0.4) is 0 Å². The maximum Gasteiger partial charge on any atom is 0.324 e. The number of esters is 2. The van der Waals surface area contributed by atoms with Crippen molar-refractivity contribution in [3.8, 4) is 0 Å². The van der Waals surface area contributed by atoms with E-state index in [1.54, 1.807) is 13.8 Å². The van der Waals surface area contributed by atoms with Crippen LogP contribution >= 0.6 is 0 Å². The molecular formula is C12H20O4. The van der Waals surface area contributed by atoms with Crippen LogP contribution in [0, 0.1) is 5.92 Å². The van der Waals surface area contributed by atoms with Crippen molar-refractivity contribution in [2.45, 2.75) is 33.6 Å². The molecule has 0 aromatic rings. The van der Waals surface area contributed by atoms with Crippen LogP contribution in [0.4, 0.5) is 0 Å². The lowest BCUT2D eigenvalue weighted by Gasteiger charge is -2.16. The largest absolute Gasteiger partial charge is 0.465 e. The topological polar surface area (TPSA) is 52.6 Å². The first-order chi connectivity index (χ1) is 7.58. The van der Waals surface area contributed by atoms with Crippen molar-refractivity contribution in [1.29, 1.82) is 0 Å². The van der Waals surface area contributed by atoms with Gasteiger partial charge in [-0.25, -0.2) is 0 Å². The second-order valence-electron chi connectivity index (χ2n) is 3.35. The lowest BCUT2D eigenvalue weighted by Crippen LogP contribution is -2.29. The zero-order valence-corrected chi connectivity index (χ0v) is 10.2. The van der Waals surface area contributed by atoms with Gasteiger partial charge in [0.2, 0.25) is 0 Å². The van der Waals surface area contributed by atoms with Gasteiger partial charge < -0.3 is 9.47 Å². The minimum Gasteiger partial charge on any atom is -0.465 e. The quantitative estimate of drug-likeness (QED) is 0.380. The Morgan fingerprint density at radius 2 is 1.50 bits per heavy atom. The number of ether oxygens (including phenoxy) is 2. The van der Waals surface area contributed by atoms with Gasteiger partial charge in [-0.2, -0.15) is 0 Å². The molecule has 0 unspecified atom stereocenters. The van der Waals surface area contributed by atoms with Crippen molar-refractivity contribution >= 4 is 11.9 Å². The molecule has 0 heterocycles. The van der Waals surface area contributed by atoms with Gasteiger partial charge in [0, 0.05) is 0 Å². The Balaban J connectivity index is 4.68. The molecule has 0 aromatic heterocycles. The fourth-order valence-electron chi connectivity index (χ4n) is 1.35. The van der Waals surface area contributed by atoms with E-state index in [0.717, 1.165) is 6.42 Å². The van der Waals surface area contributed by atoms with Gasteiger partial charge in [-0.15, -0.1) is 0 Å². The third kappa shape index (κ3) is 4.47. The smallest absolute Gasteiger partial charge is 0.324 e. The minimum absolute atomic E-state index is 0.244. The molecule has 0 radical (unpaired) electrons. The molecule has 0 rings (SSSR count).